The van der Waals surface area contributed by atoms with Gasteiger partial charge in [-0.05, 0) is 234 Å². The number of rotatable bonds is 12. The van der Waals surface area contributed by atoms with Crippen LogP contribution in [0.5, 0.6) is 0 Å². The molecule has 1 aromatic heterocycles. The fraction of sp³-hybridized carbons (Fsp3) is 0.0270. The van der Waals surface area contributed by atoms with Gasteiger partial charge >= 0.3 is 14.0 Å². The number of hydrogen-bond donors (Lipinski definition) is 0. The predicted octanol–water partition coefficient (Wildman–Crippen LogP) is 27.9. The maximum atomic E-state index is 2.62. The Balaban J connectivity index is 0.589. The fourth-order valence-electron chi connectivity index (χ4n) is 20.6. The molecular weight excluding hydrogens is 1440 g/mol. The first-order valence-corrected chi connectivity index (χ1v) is 41.4. The molecule has 0 atom stereocenters. The van der Waals surface area contributed by atoms with Crippen LogP contribution in [0.3, 0.4) is 0 Å². The van der Waals surface area contributed by atoms with Gasteiger partial charge in [-0.1, -0.05) is 299 Å². The first-order valence-electron chi connectivity index (χ1n) is 41.4. The second kappa shape index (κ2) is 27.0. The van der Waals surface area contributed by atoms with Crippen molar-refractivity contribution in [2.24, 2.45) is 0 Å². The normalized spacial score (nSPS) is 13.4. The molecule has 119 heavy (non-hydrogen) atoms. The molecule has 4 aliphatic heterocycles. The second-order valence-electron chi connectivity index (χ2n) is 32.6. The van der Waals surface area contributed by atoms with E-state index in [-0.39, 0.29) is 19.4 Å². The van der Waals surface area contributed by atoms with E-state index in [4.69, 9.17) is 0 Å². The van der Waals surface area contributed by atoms with Gasteiger partial charge in [0, 0.05) is 107 Å². The summed E-state index contributed by atoms with van der Waals surface area (Å²) in [5.74, 6) is 0. The fourth-order valence-corrected chi connectivity index (χ4v) is 20.6. The third kappa shape index (κ3) is 10.6. The summed E-state index contributed by atoms with van der Waals surface area (Å²) >= 11 is 0. The molecule has 19 aromatic rings. The topological polar surface area (TPSA) is 21.1 Å². The van der Waals surface area contributed by atoms with Crippen molar-refractivity contribution < 1.29 is 0 Å². The summed E-state index contributed by atoms with van der Waals surface area (Å²) in [4.78, 5) is 12.8. The van der Waals surface area contributed by atoms with Crippen LogP contribution in [0.2, 0.25) is 0 Å². The van der Waals surface area contributed by atoms with Crippen molar-refractivity contribution in [2.75, 3.05) is 24.1 Å². The number of fused-ring (bicyclic) bond motifs is 14. The van der Waals surface area contributed by atoms with Crippen LogP contribution in [0.4, 0.5) is 62.6 Å². The molecule has 1 aliphatic carbocycles. The van der Waals surface area contributed by atoms with E-state index in [1.54, 1.807) is 0 Å². The summed E-state index contributed by atoms with van der Waals surface area (Å²) in [5.41, 5.74) is 42.9. The third-order valence-electron chi connectivity index (χ3n) is 25.9. The molecule has 0 unspecified atom stereocenters. The summed E-state index contributed by atoms with van der Waals surface area (Å²) in [5, 5.41) is 2.42. The van der Waals surface area contributed by atoms with E-state index in [1.807, 2.05) is 0 Å². The van der Waals surface area contributed by atoms with Gasteiger partial charge in [0.1, 0.15) is 0 Å². The van der Waals surface area contributed by atoms with E-state index in [2.05, 4.69) is 467 Å². The lowest BCUT2D eigenvalue weighted by Gasteiger charge is -2.47. The van der Waals surface area contributed by atoms with Crippen LogP contribution in [0.1, 0.15) is 25.0 Å². The molecule has 5 aliphatic rings. The van der Waals surface area contributed by atoms with Gasteiger partial charge in [-0.3, -0.25) is 0 Å². The highest BCUT2D eigenvalue weighted by molar-refractivity contribution is 6.87. The van der Waals surface area contributed by atoms with E-state index in [0.717, 1.165) is 84.5 Å². The average Bonchev–Trinajstić information content (AvgIpc) is 1.64. The van der Waals surface area contributed by atoms with Gasteiger partial charge < -0.3 is 28.7 Å². The average molecular weight is 1520 g/mol. The molecule has 0 spiro atoms. The number of anilines is 11. The highest BCUT2D eigenvalue weighted by Gasteiger charge is 2.49. The number of aromatic nitrogens is 1. The predicted molar refractivity (Wildman–Crippen MR) is 502 cm³/mol. The van der Waals surface area contributed by atoms with Crippen molar-refractivity contribution in [3.63, 3.8) is 0 Å². The molecule has 0 fully saturated rings. The molecule has 0 saturated carbocycles. The van der Waals surface area contributed by atoms with Crippen molar-refractivity contribution in [3.05, 3.63) is 436 Å². The highest BCUT2D eigenvalue weighted by Crippen LogP contribution is 2.57. The minimum atomic E-state index is -0.262. The molecule has 8 heteroatoms. The molecule has 0 amide bonds. The van der Waals surface area contributed by atoms with Gasteiger partial charge in [-0.25, -0.2) is 0 Å². The van der Waals surface area contributed by atoms with Crippen LogP contribution < -0.4 is 35.1 Å². The Morgan fingerprint density at radius 3 is 1.17 bits per heavy atom. The summed E-state index contributed by atoms with van der Waals surface area (Å²) in [6.07, 6.45) is 0. The van der Waals surface area contributed by atoms with Gasteiger partial charge in [-0.2, -0.15) is 0 Å². The van der Waals surface area contributed by atoms with Crippen LogP contribution in [0, 0.1) is 0 Å². The Bertz CT molecular complexity index is 7290. The molecular formula is C111H76B2N6. The molecule has 24 rings (SSSR count). The zero-order chi connectivity index (χ0) is 78.6. The molecule has 0 radical (unpaired) electrons. The lowest BCUT2D eigenvalue weighted by atomic mass is 9.53. The first-order chi connectivity index (χ1) is 58.8. The lowest BCUT2D eigenvalue weighted by molar-refractivity contribution is 0.660. The Labute approximate surface area is 694 Å². The molecule has 5 heterocycles. The largest absolute Gasteiger partial charge is 0.421 e. The maximum absolute atomic E-state index is 2.62. The summed E-state index contributed by atoms with van der Waals surface area (Å²) in [6.45, 7) is 4.34. The van der Waals surface area contributed by atoms with E-state index < -0.39 is 0 Å². The van der Waals surface area contributed by atoms with Crippen LogP contribution >= 0.6 is 0 Å². The minimum Gasteiger partial charge on any atom is -0.361 e. The quantitative estimate of drug-likeness (QED) is 0.113. The van der Waals surface area contributed by atoms with Crippen molar-refractivity contribution in [3.8, 4) is 106 Å². The van der Waals surface area contributed by atoms with Gasteiger partial charge in [-0.15, -0.1) is 0 Å². The highest BCUT2D eigenvalue weighted by atomic mass is 15.3. The van der Waals surface area contributed by atoms with E-state index >= 15 is 0 Å². The zero-order valence-corrected chi connectivity index (χ0v) is 65.8. The monoisotopic (exact) mass is 1510 g/mol. The van der Waals surface area contributed by atoms with Crippen LogP contribution in [0.25, 0.3) is 128 Å². The Morgan fingerprint density at radius 1 is 0.235 bits per heavy atom. The van der Waals surface area contributed by atoms with Gasteiger partial charge in [0.15, 0.2) is 0 Å². The van der Waals surface area contributed by atoms with Crippen LogP contribution in [0.15, 0.2) is 425 Å². The summed E-state index contributed by atoms with van der Waals surface area (Å²) in [7, 11) is 0. The second-order valence-corrected chi connectivity index (χ2v) is 32.6. The molecule has 0 N–H and O–H groups in total. The van der Waals surface area contributed by atoms with Crippen molar-refractivity contribution in [2.45, 2.75) is 19.3 Å². The number of hydrogen-bond acceptors (Lipinski definition) is 5. The van der Waals surface area contributed by atoms with Crippen LogP contribution in [-0.4, -0.2) is 18.5 Å². The Morgan fingerprint density at radius 2 is 0.605 bits per heavy atom. The molecule has 556 valence electrons. The number of benzene rings is 18. The van der Waals surface area contributed by atoms with Gasteiger partial charge in [0.25, 0.3) is 0 Å². The molecule has 18 aromatic carbocycles. The maximum Gasteiger partial charge on any atom is 0.421 e. The van der Waals surface area contributed by atoms with E-state index in [9.17, 15) is 0 Å². The van der Waals surface area contributed by atoms with E-state index in [1.165, 1.54) is 128 Å². The van der Waals surface area contributed by atoms with Crippen LogP contribution in [-0.2, 0) is 5.41 Å². The lowest BCUT2D eigenvalue weighted by Crippen LogP contribution is -2.61. The van der Waals surface area contributed by atoms with E-state index in [0.29, 0.717) is 0 Å². The van der Waals surface area contributed by atoms with Crippen molar-refractivity contribution >= 4 is 109 Å². The first kappa shape index (κ1) is 68.3. The minimum absolute atomic E-state index is 0.135. The third-order valence-corrected chi connectivity index (χ3v) is 25.9. The molecule has 6 nitrogen and oxygen atoms in total. The van der Waals surface area contributed by atoms with Crippen molar-refractivity contribution in [1.82, 2.24) is 4.57 Å². The van der Waals surface area contributed by atoms with Gasteiger partial charge in [0.05, 0.1) is 16.7 Å². The van der Waals surface area contributed by atoms with Crippen molar-refractivity contribution in [1.29, 1.82) is 0 Å². The Hall–Kier alpha value is -15.1. The standard InChI is InChI=1S/C111H76B2N6/c1-111(2)98-47-19-15-40-94(98)108-99(111)48-27-53-106(108)114(80-62-54-74(55-63-80)73-28-7-3-8-29-73)81-64-56-75(57-65-81)77-61-69-104-97(71-77)93-46-25-44-91-89-39-17-22-51-102(89)119(113(110(91)93)118(104)85-35-13-6-14-36-85)86-37-23-30-79(70-86)87-42-26-52-105-107(87)95-41-18-20-49-100(95)115(105)82-66-58-76(59-67-82)78-60-68-103-96(72-78)92-45-24-43-90-88-38-16-21-50-101(88)116(83-31-9-4-10-32-83)112(109(90)92)117(103)84-33-11-5-12-34-84/h3-72H,1-2H3. The number of nitrogens with zero attached hydrogens (tertiary/aromatic N) is 6. The number of para-hydroxylation sites is 6. The summed E-state index contributed by atoms with van der Waals surface area (Å²) < 4.78 is 2.47. The summed E-state index contributed by atoms with van der Waals surface area (Å²) in [6, 6.07) is 158. The zero-order valence-electron chi connectivity index (χ0n) is 65.8. The smallest absolute Gasteiger partial charge is 0.361 e. The Kier molecular flexibility index (Phi) is 15.5. The molecule has 0 saturated heterocycles. The van der Waals surface area contributed by atoms with Gasteiger partial charge in [0.2, 0.25) is 0 Å². The SMILES string of the molecule is CC1(C)c2ccccc2-c2c(N(c3ccc(-c4ccccc4)cc3)c3ccc(-c4ccc5c(c4)-c4cccc6c4B(N(c4cccc(-c7cccc8c7c7ccccc7n8-c7ccc(-c8ccc9c(c8)-c8cccc%10c8B(N(c8ccccc8)c8ccccc8-%10)N9c8ccccc8)cc7)c4)c4ccccc4-6)N5c4ccccc4)cc3)cccc21. The molecule has 0 bridgehead atoms.